The first-order chi connectivity index (χ1) is 14.2. The predicted octanol–water partition coefficient (Wildman–Crippen LogP) is 3.44. The molecule has 2 heterocycles. The zero-order chi connectivity index (χ0) is 20.0. The van der Waals surface area contributed by atoms with Gasteiger partial charge in [-0.05, 0) is 18.6 Å². The SMILES string of the molecule is N#Cc1ccc2c3c(n(CCCc4ncc[nH]4)c(=O)c2c1)-c1ccccc1C3=O. The van der Waals surface area contributed by atoms with Crippen LogP contribution < -0.4 is 5.56 Å². The second-order valence-electron chi connectivity index (χ2n) is 7.07. The third-order valence-corrected chi connectivity index (χ3v) is 5.40. The molecule has 2 aromatic carbocycles. The van der Waals surface area contributed by atoms with Crippen molar-refractivity contribution >= 4 is 16.6 Å². The Morgan fingerprint density at radius 1 is 1.07 bits per heavy atom. The topological polar surface area (TPSA) is 91.5 Å². The van der Waals surface area contributed by atoms with E-state index in [-0.39, 0.29) is 11.3 Å². The lowest BCUT2D eigenvalue weighted by Gasteiger charge is -2.15. The van der Waals surface area contributed by atoms with Crippen LogP contribution in [-0.2, 0) is 13.0 Å². The van der Waals surface area contributed by atoms with Gasteiger partial charge in [0, 0.05) is 47.3 Å². The molecule has 0 spiro atoms. The zero-order valence-electron chi connectivity index (χ0n) is 15.5. The van der Waals surface area contributed by atoms with Gasteiger partial charge in [-0.15, -0.1) is 0 Å². The van der Waals surface area contributed by atoms with Gasteiger partial charge in [-0.1, -0.05) is 30.3 Å². The van der Waals surface area contributed by atoms with Crippen molar-refractivity contribution in [3.63, 3.8) is 0 Å². The number of nitrogens with zero attached hydrogens (tertiary/aromatic N) is 3. The summed E-state index contributed by atoms with van der Waals surface area (Å²) in [6.07, 6.45) is 4.86. The molecule has 0 atom stereocenters. The normalized spacial score (nSPS) is 12.0. The van der Waals surface area contributed by atoms with Crippen molar-refractivity contribution in [3.05, 3.63) is 87.7 Å². The molecule has 0 aliphatic heterocycles. The fourth-order valence-corrected chi connectivity index (χ4v) is 4.10. The first-order valence-electron chi connectivity index (χ1n) is 9.42. The minimum Gasteiger partial charge on any atom is -0.349 e. The van der Waals surface area contributed by atoms with Crippen molar-refractivity contribution in [2.45, 2.75) is 19.4 Å². The molecule has 4 aromatic rings. The van der Waals surface area contributed by atoms with E-state index in [1.54, 1.807) is 41.2 Å². The highest BCUT2D eigenvalue weighted by atomic mass is 16.1. The lowest BCUT2D eigenvalue weighted by atomic mass is 10.0. The highest BCUT2D eigenvalue weighted by Crippen LogP contribution is 2.39. The molecular formula is C23H16N4O2. The van der Waals surface area contributed by atoms with Crippen molar-refractivity contribution < 1.29 is 4.79 Å². The zero-order valence-corrected chi connectivity index (χ0v) is 15.5. The maximum Gasteiger partial charge on any atom is 0.258 e. The Morgan fingerprint density at radius 2 is 1.90 bits per heavy atom. The Labute approximate surface area is 166 Å². The fraction of sp³-hybridized carbons (Fsp3) is 0.130. The van der Waals surface area contributed by atoms with Gasteiger partial charge in [0.25, 0.3) is 5.56 Å². The Hall–Kier alpha value is -3.98. The van der Waals surface area contributed by atoms with Gasteiger partial charge in [0.05, 0.1) is 22.9 Å². The number of pyridine rings is 1. The number of hydrogen-bond donors (Lipinski definition) is 1. The molecular weight excluding hydrogens is 364 g/mol. The molecule has 1 N–H and O–H groups in total. The molecule has 0 radical (unpaired) electrons. The van der Waals surface area contributed by atoms with Gasteiger partial charge >= 0.3 is 0 Å². The molecule has 0 fully saturated rings. The first-order valence-corrected chi connectivity index (χ1v) is 9.42. The average Bonchev–Trinajstić information content (AvgIpc) is 3.37. The van der Waals surface area contributed by atoms with Crippen LogP contribution in [0.3, 0.4) is 0 Å². The van der Waals surface area contributed by atoms with Crippen molar-refractivity contribution in [1.29, 1.82) is 5.26 Å². The number of aryl methyl sites for hydroxylation is 1. The summed E-state index contributed by atoms with van der Waals surface area (Å²) in [6, 6.07) is 14.4. The average molecular weight is 380 g/mol. The van der Waals surface area contributed by atoms with E-state index in [2.05, 4.69) is 16.0 Å². The summed E-state index contributed by atoms with van der Waals surface area (Å²) in [5, 5.41) is 10.3. The lowest BCUT2D eigenvalue weighted by Crippen LogP contribution is -2.24. The molecule has 0 bridgehead atoms. The summed E-state index contributed by atoms with van der Waals surface area (Å²) in [5.41, 5.74) is 2.84. The number of hydrogen-bond acceptors (Lipinski definition) is 4. The number of benzene rings is 2. The van der Waals surface area contributed by atoms with Gasteiger partial charge < -0.3 is 9.55 Å². The Kier molecular flexibility index (Phi) is 3.88. The van der Waals surface area contributed by atoms with Gasteiger partial charge in [0.2, 0.25) is 0 Å². The number of H-pyrrole nitrogens is 1. The summed E-state index contributed by atoms with van der Waals surface area (Å²) in [5.74, 6) is 0.781. The molecule has 140 valence electrons. The van der Waals surface area contributed by atoms with Crippen molar-refractivity contribution in [3.8, 4) is 17.3 Å². The van der Waals surface area contributed by atoms with Crippen LogP contribution in [0.5, 0.6) is 0 Å². The largest absolute Gasteiger partial charge is 0.349 e. The van der Waals surface area contributed by atoms with Crippen LogP contribution in [-0.4, -0.2) is 20.3 Å². The number of carbonyl (C=O) groups excluding carboxylic acids is 1. The van der Waals surface area contributed by atoms with Crippen LogP contribution in [0.25, 0.3) is 22.0 Å². The third-order valence-electron chi connectivity index (χ3n) is 5.40. The fourth-order valence-electron chi connectivity index (χ4n) is 4.10. The van der Waals surface area contributed by atoms with Crippen LogP contribution in [0.1, 0.15) is 33.7 Å². The Morgan fingerprint density at radius 3 is 2.66 bits per heavy atom. The molecule has 0 saturated carbocycles. The molecule has 0 saturated heterocycles. The molecule has 1 aliphatic carbocycles. The number of carbonyl (C=O) groups is 1. The molecule has 1 aliphatic rings. The maximum absolute atomic E-state index is 13.4. The predicted molar refractivity (Wildman–Crippen MR) is 109 cm³/mol. The number of nitriles is 1. The van der Waals surface area contributed by atoms with Gasteiger partial charge in [0.1, 0.15) is 5.82 Å². The quantitative estimate of drug-likeness (QED) is 0.517. The molecule has 0 amide bonds. The molecule has 2 aromatic heterocycles. The number of rotatable bonds is 4. The summed E-state index contributed by atoms with van der Waals surface area (Å²) >= 11 is 0. The van der Waals surface area contributed by atoms with Crippen LogP contribution >= 0.6 is 0 Å². The summed E-state index contributed by atoms with van der Waals surface area (Å²) in [6.45, 7) is 0.455. The van der Waals surface area contributed by atoms with Crippen LogP contribution in [0.2, 0.25) is 0 Å². The van der Waals surface area contributed by atoms with Crippen LogP contribution in [0.4, 0.5) is 0 Å². The van der Waals surface area contributed by atoms with Crippen LogP contribution in [0, 0.1) is 11.3 Å². The molecule has 0 unspecified atom stereocenters. The van der Waals surface area contributed by atoms with Crippen LogP contribution in [0.15, 0.2) is 59.7 Å². The summed E-state index contributed by atoms with van der Waals surface area (Å²) < 4.78 is 1.69. The number of nitrogens with one attached hydrogen (secondary N) is 1. The highest BCUT2D eigenvalue weighted by molar-refractivity contribution is 6.26. The molecule has 29 heavy (non-hydrogen) atoms. The smallest absolute Gasteiger partial charge is 0.258 e. The maximum atomic E-state index is 13.4. The third kappa shape index (κ3) is 2.59. The number of aromatic amines is 1. The van der Waals surface area contributed by atoms with E-state index in [0.29, 0.717) is 52.5 Å². The first kappa shape index (κ1) is 17.1. The van der Waals surface area contributed by atoms with E-state index in [1.807, 2.05) is 18.2 Å². The van der Waals surface area contributed by atoms with Crippen molar-refractivity contribution in [2.24, 2.45) is 0 Å². The lowest BCUT2D eigenvalue weighted by molar-refractivity contribution is 0.104. The minimum atomic E-state index is -0.181. The van der Waals surface area contributed by atoms with E-state index < -0.39 is 0 Å². The minimum absolute atomic E-state index is 0.0786. The van der Waals surface area contributed by atoms with Gasteiger partial charge in [0.15, 0.2) is 5.78 Å². The highest BCUT2D eigenvalue weighted by Gasteiger charge is 2.32. The second kappa shape index (κ2) is 6.57. The standard InChI is InChI=1S/C23H16N4O2/c24-13-14-7-8-15-18(12-14)23(29)27(11-3-6-19-25-9-10-26-19)21-16-4-1-2-5-17(16)22(28)20(15)21/h1-2,4-5,7-10,12H,3,6,11H2,(H,25,26). The molecule has 6 heteroatoms. The summed E-state index contributed by atoms with van der Waals surface area (Å²) in [7, 11) is 0. The van der Waals surface area contributed by atoms with E-state index in [1.165, 1.54) is 0 Å². The number of imidazole rings is 1. The molecule has 5 rings (SSSR count). The molecule has 6 nitrogen and oxygen atoms in total. The Bertz CT molecular complexity index is 1370. The number of aromatic nitrogens is 3. The van der Waals surface area contributed by atoms with Gasteiger partial charge in [-0.25, -0.2) is 4.98 Å². The number of fused-ring (bicyclic) bond motifs is 5. The monoisotopic (exact) mass is 380 g/mol. The number of ketones is 1. The van der Waals surface area contributed by atoms with Gasteiger partial charge in [-0.3, -0.25) is 9.59 Å². The van der Waals surface area contributed by atoms with E-state index in [9.17, 15) is 14.9 Å². The Balaban J connectivity index is 1.73. The summed E-state index contributed by atoms with van der Waals surface area (Å²) in [4.78, 5) is 33.9. The van der Waals surface area contributed by atoms with E-state index >= 15 is 0 Å². The van der Waals surface area contributed by atoms with Gasteiger partial charge in [-0.2, -0.15) is 5.26 Å². The van der Waals surface area contributed by atoms with Crippen molar-refractivity contribution in [1.82, 2.24) is 14.5 Å². The van der Waals surface area contributed by atoms with E-state index in [4.69, 9.17) is 0 Å². The van der Waals surface area contributed by atoms with Crippen molar-refractivity contribution in [2.75, 3.05) is 0 Å². The van der Waals surface area contributed by atoms with E-state index in [0.717, 1.165) is 11.4 Å². The second-order valence-corrected chi connectivity index (χ2v) is 7.07.